The van der Waals surface area contributed by atoms with Crippen molar-refractivity contribution in [3.63, 3.8) is 0 Å². The molecule has 1 N–H and O–H groups in total. The van der Waals surface area contributed by atoms with Gasteiger partial charge in [-0.05, 0) is 36.8 Å². The summed E-state index contributed by atoms with van der Waals surface area (Å²) in [7, 11) is -18.6. The minimum absolute atomic E-state index is 0.121. The number of sulfone groups is 1. The van der Waals surface area contributed by atoms with E-state index in [4.69, 9.17) is 4.55 Å². The van der Waals surface area contributed by atoms with Gasteiger partial charge in [0.1, 0.15) is 11.5 Å². The van der Waals surface area contributed by atoms with Crippen molar-refractivity contribution >= 4 is 35.9 Å². The maximum absolute atomic E-state index is 13.7. The predicted octanol–water partition coefficient (Wildman–Crippen LogP) is 2.02. The molecule has 0 unspecified atom stereocenters. The zero-order valence-electron chi connectivity index (χ0n) is 15.4. The highest BCUT2D eigenvalue weighted by molar-refractivity contribution is 7.92. The first-order valence-electron chi connectivity index (χ1n) is 7.57. The lowest BCUT2D eigenvalue weighted by Gasteiger charge is -2.29. The summed E-state index contributed by atoms with van der Waals surface area (Å²) in [4.78, 5) is 10.8. The van der Waals surface area contributed by atoms with Crippen LogP contribution in [0.25, 0.3) is 0 Å². The number of alkyl halides is 6. The molecular weight excluding hydrogens is 522 g/mol. The van der Waals surface area contributed by atoms with Crippen LogP contribution in [0.1, 0.15) is 6.92 Å². The molecular formula is C14H12F6O9S3. The third-order valence-electron chi connectivity index (χ3n) is 3.55. The smallest absolute Gasteiger partial charge is 0.378 e. The zero-order chi connectivity index (χ0) is 25.6. The van der Waals surface area contributed by atoms with Crippen LogP contribution in [0.2, 0.25) is 0 Å². The molecule has 0 heterocycles. The van der Waals surface area contributed by atoms with Gasteiger partial charge in [0.05, 0.1) is 4.90 Å². The second-order valence-electron chi connectivity index (χ2n) is 6.05. The minimum atomic E-state index is -7.20. The fourth-order valence-electron chi connectivity index (χ4n) is 1.75. The lowest BCUT2D eigenvalue weighted by atomic mass is 10.2. The SMILES string of the molecule is C=C(C)C(=O)CS(=O)(=O)c1ccc(OS(=O)(=O)C(F)(F)C(F)(F)C(F)(F)S(=O)(=O)O)cc1. The number of allylic oxidation sites excluding steroid dienone is 1. The van der Waals surface area contributed by atoms with Gasteiger partial charge >= 0.3 is 36.7 Å². The first kappa shape index (κ1) is 27.9. The van der Waals surface area contributed by atoms with Crippen molar-refractivity contribution in [2.24, 2.45) is 0 Å². The monoisotopic (exact) mass is 534 g/mol. The Morgan fingerprint density at radius 2 is 1.38 bits per heavy atom. The highest BCUT2D eigenvalue weighted by Gasteiger charge is 2.83. The molecule has 0 radical (unpaired) electrons. The standard InChI is InChI=1S/C14H12F6O9S3/c1-8(2)11(21)7-30(22,23)10-5-3-9(4-6-10)29-32(27,28)14(19,20)12(15,16)13(17,18)31(24,25)26/h3-6H,1,7H2,2H3,(H,24,25,26). The largest absolute Gasteiger partial charge is 0.450 e. The maximum atomic E-state index is 13.7. The molecule has 0 atom stereocenters. The van der Waals surface area contributed by atoms with E-state index in [0.29, 0.717) is 24.3 Å². The van der Waals surface area contributed by atoms with Gasteiger partial charge in [0.25, 0.3) is 0 Å². The van der Waals surface area contributed by atoms with E-state index in [-0.39, 0.29) is 5.57 Å². The molecule has 1 rings (SSSR count). The minimum Gasteiger partial charge on any atom is -0.378 e. The average molecular weight is 534 g/mol. The van der Waals surface area contributed by atoms with Gasteiger partial charge in [0, 0.05) is 0 Å². The number of halogens is 6. The second-order valence-corrected chi connectivity index (χ2v) is 11.1. The Labute approximate surface area is 177 Å². The van der Waals surface area contributed by atoms with E-state index in [1.807, 2.05) is 0 Å². The Kier molecular flexibility index (Phi) is 7.23. The number of rotatable bonds is 10. The highest BCUT2D eigenvalue weighted by atomic mass is 32.2. The summed E-state index contributed by atoms with van der Waals surface area (Å²) in [6.07, 6.45) is 0. The molecule has 0 bridgehead atoms. The van der Waals surface area contributed by atoms with Gasteiger partial charge in [0.15, 0.2) is 15.6 Å². The number of carbonyl (C=O) groups excluding carboxylic acids is 1. The normalized spacial score (nSPS) is 14.1. The molecule has 182 valence electrons. The molecule has 1 aromatic rings. The molecule has 18 heteroatoms. The predicted molar refractivity (Wildman–Crippen MR) is 94.3 cm³/mol. The van der Waals surface area contributed by atoms with E-state index in [1.54, 1.807) is 0 Å². The molecule has 0 aliphatic rings. The first-order chi connectivity index (χ1) is 14.0. The van der Waals surface area contributed by atoms with Crippen molar-refractivity contribution in [1.82, 2.24) is 0 Å². The Bertz CT molecular complexity index is 1240. The van der Waals surface area contributed by atoms with Crippen LogP contribution in [0.15, 0.2) is 41.3 Å². The highest BCUT2D eigenvalue weighted by Crippen LogP contribution is 2.50. The molecule has 1 aromatic carbocycles. The number of hydrogen-bond donors (Lipinski definition) is 1. The van der Waals surface area contributed by atoms with Crippen molar-refractivity contribution in [2.75, 3.05) is 5.75 Å². The molecule has 32 heavy (non-hydrogen) atoms. The molecule has 0 spiro atoms. The number of hydrogen-bond acceptors (Lipinski definition) is 8. The van der Waals surface area contributed by atoms with Gasteiger partial charge in [0.2, 0.25) is 0 Å². The molecule has 9 nitrogen and oxygen atoms in total. The second kappa shape index (κ2) is 8.31. The summed E-state index contributed by atoms with van der Waals surface area (Å²) < 4.78 is 160. The van der Waals surface area contributed by atoms with E-state index in [0.717, 1.165) is 0 Å². The lowest BCUT2D eigenvalue weighted by Crippen LogP contribution is -2.61. The van der Waals surface area contributed by atoms with E-state index < -0.39 is 68.7 Å². The average Bonchev–Trinajstić information content (AvgIpc) is 2.59. The lowest BCUT2D eigenvalue weighted by molar-refractivity contribution is -0.247. The van der Waals surface area contributed by atoms with E-state index in [2.05, 4.69) is 10.8 Å². The van der Waals surface area contributed by atoms with Gasteiger partial charge in [-0.25, -0.2) is 8.42 Å². The summed E-state index contributed by atoms with van der Waals surface area (Å²) in [5.74, 6) is -10.4. The first-order valence-corrected chi connectivity index (χ1v) is 12.1. The van der Waals surface area contributed by atoms with Crippen molar-refractivity contribution in [2.45, 2.75) is 28.3 Å². The topological polar surface area (TPSA) is 149 Å². The number of ketones is 1. The number of carbonyl (C=O) groups is 1. The molecule has 0 fully saturated rings. The molecule has 0 aliphatic heterocycles. The quantitative estimate of drug-likeness (QED) is 0.206. The Morgan fingerprint density at radius 1 is 0.938 bits per heavy atom. The number of Topliss-reactive ketones (excluding diaryl/α,β-unsaturated/α-hetero) is 1. The fraction of sp³-hybridized carbons (Fsp3) is 0.357. The Hall–Kier alpha value is -2.18. The fourth-order valence-corrected chi connectivity index (χ4v) is 4.49. The van der Waals surface area contributed by atoms with Gasteiger partial charge < -0.3 is 4.18 Å². The third-order valence-corrected chi connectivity index (χ3v) is 7.39. The summed E-state index contributed by atoms with van der Waals surface area (Å²) in [5, 5.41) is -13.8. The van der Waals surface area contributed by atoms with Crippen LogP contribution < -0.4 is 4.18 Å². The van der Waals surface area contributed by atoms with E-state index >= 15 is 0 Å². The van der Waals surface area contributed by atoms with Gasteiger partial charge in [-0.3, -0.25) is 9.35 Å². The van der Waals surface area contributed by atoms with Crippen LogP contribution >= 0.6 is 0 Å². The molecule has 0 saturated carbocycles. The van der Waals surface area contributed by atoms with Gasteiger partial charge in [-0.15, -0.1) is 0 Å². The van der Waals surface area contributed by atoms with Crippen molar-refractivity contribution in [3.05, 3.63) is 36.4 Å². The van der Waals surface area contributed by atoms with E-state index in [9.17, 15) is 56.4 Å². The van der Waals surface area contributed by atoms with Crippen LogP contribution in [-0.4, -0.2) is 57.8 Å². The Morgan fingerprint density at radius 3 is 1.75 bits per heavy atom. The van der Waals surface area contributed by atoms with Gasteiger partial charge in [-0.2, -0.15) is 43.2 Å². The van der Waals surface area contributed by atoms with Crippen LogP contribution in [0.5, 0.6) is 5.75 Å². The van der Waals surface area contributed by atoms with Crippen molar-refractivity contribution in [1.29, 1.82) is 0 Å². The van der Waals surface area contributed by atoms with Gasteiger partial charge in [-0.1, -0.05) is 6.58 Å². The van der Waals surface area contributed by atoms with Crippen LogP contribution in [0, 0.1) is 0 Å². The van der Waals surface area contributed by atoms with Crippen molar-refractivity contribution in [3.8, 4) is 5.75 Å². The Balaban J connectivity index is 3.30. The third kappa shape index (κ3) is 4.91. The van der Waals surface area contributed by atoms with Crippen LogP contribution in [0.3, 0.4) is 0 Å². The molecule has 0 aromatic heterocycles. The summed E-state index contributed by atoms with van der Waals surface area (Å²) >= 11 is 0. The summed E-state index contributed by atoms with van der Waals surface area (Å²) in [6.45, 7) is 4.43. The maximum Gasteiger partial charge on any atom is 0.450 e. The molecule has 0 amide bonds. The van der Waals surface area contributed by atoms with Crippen LogP contribution in [0.4, 0.5) is 26.3 Å². The van der Waals surface area contributed by atoms with E-state index in [1.165, 1.54) is 6.92 Å². The zero-order valence-corrected chi connectivity index (χ0v) is 17.9. The van der Waals surface area contributed by atoms with Crippen molar-refractivity contribution < 1.29 is 65.1 Å². The summed E-state index contributed by atoms with van der Waals surface area (Å²) in [5.41, 5.74) is -0.121. The van der Waals surface area contributed by atoms with Crippen LogP contribution in [-0.2, 0) is 34.9 Å². The molecule has 0 aliphatic carbocycles. The molecule has 0 saturated heterocycles. The number of benzene rings is 1. The summed E-state index contributed by atoms with van der Waals surface area (Å²) in [6, 6.07) is 1.75.